The van der Waals surface area contributed by atoms with Crippen molar-refractivity contribution in [3.63, 3.8) is 0 Å². The van der Waals surface area contributed by atoms with Gasteiger partial charge in [-0.3, -0.25) is 0 Å². The third kappa shape index (κ3) is 64.7. The van der Waals surface area contributed by atoms with Crippen LogP contribution >= 0.6 is 0 Å². The molecule has 0 rings (SSSR count). The van der Waals surface area contributed by atoms with Crippen LogP contribution in [0.1, 0.15) is 0 Å². The van der Waals surface area contributed by atoms with E-state index in [1.54, 1.807) is 0 Å². The quantitative estimate of drug-likeness (QED) is 0.381. The molecule has 0 bridgehead atoms. The molecule has 0 atom stereocenters. The monoisotopic (exact) mass is 187 g/mol. The van der Waals surface area contributed by atoms with Crippen LogP contribution in [-0.4, -0.2) is 13.8 Å². The van der Waals surface area contributed by atoms with Crippen molar-refractivity contribution in [2.24, 2.45) is 0 Å². The summed E-state index contributed by atoms with van der Waals surface area (Å²) in [5.74, 6) is 0. The van der Waals surface area contributed by atoms with Crippen LogP contribution < -0.4 is 65.8 Å². The average molecular weight is 187 g/mol. The average Bonchev–Trinajstić information content (AvgIpc) is 0.722. The molecule has 0 fully saturated rings. The molecule has 1 radical (unpaired) electrons. The Morgan fingerprint density at radius 2 is 1.14 bits per heavy atom. The smallest absolute Gasteiger partial charge is 0.861 e. The maximum absolute atomic E-state index is 8.69. The summed E-state index contributed by atoms with van der Waals surface area (Å²) in [7, 11) is -5.36. The number of hydrogen-bond donors (Lipinski definition) is 1. The molecule has 0 aliphatic heterocycles. The Labute approximate surface area is 94.9 Å². The Morgan fingerprint density at radius 3 is 1.14 bits per heavy atom. The molecular weight excluding hydrogens is 186 g/mol. The summed E-state index contributed by atoms with van der Waals surface area (Å²) in [6.45, 7) is 0. The van der Waals surface area contributed by atoms with Crippen molar-refractivity contribution in [3.8, 4) is 0 Å². The van der Waals surface area contributed by atoms with E-state index < -0.39 is 9.05 Å². The summed E-state index contributed by atoms with van der Waals surface area (Å²) in [5, 5.41) is 0. The zero-order chi connectivity index (χ0) is 4.50. The van der Waals surface area contributed by atoms with Crippen LogP contribution in [0.5, 0.6) is 0 Å². The van der Waals surface area contributed by atoms with Gasteiger partial charge in [0, 0.05) is 0 Å². The van der Waals surface area contributed by atoms with Gasteiger partial charge in [-0.1, -0.05) is 0 Å². The molecule has 0 unspecified atom stereocenters. The van der Waals surface area contributed by atoms with E-state index in [1.807, 2.05) is 0 Å². The normalized spacial score (nSPS) is 8.57. The summed E-state index contributed by atoms with van der Waals surface area (Å²) in [6, 6.07) is 0. The summed E-state index contributed by atoms with van der Waals surface area (Å²) in [6.07, 6.45) is 0. The predicted molar refractivity (Wildman–Crippen MR) is 7.97 cm³/mol. The minimum absolute atomic E-state index is 0. The molecule has 37 valence electrons. The van der Waals surface area contributed by atoms with Crippen molar-refractivity contribution in [1.82, 2.24) is 0 Å². The minimum atomic E-state index is -5.36. The van der Waals surface area contributed by atoms with Gasteiger partial charge in [-0.05, 0) is 0 Å². The van der Waals surface area contributed by atoms with Gasteiger partial charge in [-0.25, -0.2) is 0 Å². The third-order valence-corrected chi connectivity index (χ3v) is 0. The Kier molecular flexibility index (Phi) is 14.6. The molecule has 7 heavy (non-hydrogen) atoms. The first-order valence-electron chi connectivity index (χ1n) is 0.836. The first-order valence-corrected chi connectivity index (χ1v) is 2.51. The second-order valence-electron chi connectivity index (χ2n) is 0.524. The topological polar surface area (TPSA) is 89.4 Å². The van der Waals surface area contributed by atoms with Crippen molar-refractivity contribution >= 4 is 9.05 Å². The van der Waals surface area contributed by atoms with Crippen molar-refractivity contribution in [3.05, 3.63) is 0 Å². The van der Waals surface area contributed by atoms with E-state index in [9.17, 15) is 0 Å². The van der Waals surface area contributed by atoms with Crippen molar-refractivity contribution in [2.75, 3.05) is 0 Å². The van der Waals surface area contributed by atoms with Gasteiger partial charge in [0.15, 0.2) is 0 Å². The van der Waals surface area contributed by atoms with Crippen LogP contribution in [-0.2, 0) is 17.1 Å². The predicted octanol–water partition coefficient (Wildman–Crippen LogP) is -7.50. The SMILES string of the molecule is [K+].[Mn+2].[O-][Si]([O-])([O-])O. The zero-order valence-corrected chi connectivity index (χ0v) is 8.85. The molecule has 0 heterocycles. The maximum atomic E-state index is 8.69. The molecule has 0 aliphatic rings. The largest absolute Gasteiger partial charge is 2.00 e. The maximum Gasteiger partial charge on any atom is 2.00 e. The molecule has 0 aromatic carbocycles. The van der Waals surface area contributed by atoms with Crippen LogP contribution in [0.15, 0.2) is 0 Å². The summed E-state index contributed by atoms with van der Waals surface area (Å²) >= 11 is 0. The van der Waals surface area contributed by atoms with Crippen LogP contribution in [0.3, 0.4) is 0 Å². The standard InChI is InChI=1S/K.Mn.HO4Si/c;;1-5(2,3)4/h;;1H/q+1;+2;-3. The van der Waals surface area contributed by atoms with E-state index in [2.05, 4.69) is 0 Å². The van der Waals surface area contributed by atoms with Crippen LogP contribution in [0.25, 0.3) is 0 Å². The van der Waals surface area contributed by atoms with Crippen LogP contribution in [0.4, 0.5) is 0 Å². The molecule has 7 heteroatoms. The Hall–Kier alpha value is 2.21. The van der Waals surface area contributed by atoms with Crippen molar-refractivity contribution in [1.29, 1.82) is 0 Å². The van der Waals surface area contributed by atoms with Crippen LogP contribution in [0, 0.1) is 0 Å². The van der Waals surface area contributed by atoms with E-state index >= 15 is 0 Å². The number of hydrogen-bond acceptors (Lipinski definition) is 4. The van der Waals surface area contributed by atoms with Gasteiger partial charge in [0.05, 0.1) is 0 Å². The Balaban J connectivity index is -0.0000000800. The Morgan fingerprint density at radius 1 is 1.14 bits per heavy atom. The fourth-order valence-corrected chi connectivity index (χ4v) is 0. The second kappa shape index (κ2) is 6.33. The van der Waals surface area contributed by atoms with Gasteiger partial charge in [0.25, 0.3) is 0 Å². The van der Waals surface area contributed by atoms with Crippen molar-refractivity contribution in [2.45, 2.75) is 0 Å². The molecule has 0 saturated carbocycles. The summed E-state index contributed by atoms with van der Waals surface area (Å²) < 4.78 is 0. The first kappa shape index (κ1) is 16.1. The molecule has 0 aromatic rings. The van der Waals surface area contributed by atoms with Crippen LogP contribution in [0.2, 0.25) is 0 Å². The Bertz CT molecular complexity index is 27.2. The number of rotatable bonds is 0. The fourth-order valence-electron chi connectivity index (χ4n) is 0. The van der Waals surface area contributed by atoms with E-state index in [4.69, 9.17) is 19.2 Å². The zero-order valence-electron chi connectivity index (χ0n) is 3.55. The second-order valence-corrected chi connectivity index (χ2v) is 1.57. The molecule has 0 aliphatic carbocycles. The molecule has 1 N–H and O–H groups in total. The summed E-state index contributed by atoms with van der Waals surface area (Å²) in [4.78, 5) is 33.1. The van der Waals surface area contributed by atoms with Crippen molar-refractivity contribution < 1.29 is 87.6 Å². The molecule has 0 spiro atoms. The van der Waals surface area contributed by atoms with E-state index in [1.165, 1.54) is 0 Å². The van der Waals surface area contributed by atoms with Gasteiger partial charge in [0.1, 0.15) is 0 Å². The van der Waals surface area contributed by atoms with Gasteiger partial charge < -0.3 is 19.2 Å². The summed E-state index contributed by atoms with van der Waals surface area (Å²) in [5.41, 5.74) is 0. The minimum Gasteiger partial charge on any atom is -0.861 e. The first-order chi connectivity index (χ1) is 2.00. The molecule has 0 amide bonds. The van der Waals surface area contributed by atoms with Gasteiger partial charge in [0.2, 0.25) is 0 Å². The van der Waals surface area contributed by atoms with Gasteiger partial charge in [-0.2, -0.15) is 0 Å². The molecular formula is HKMnO4Si. The van der Waals surface area contributed by atoms with Gasteiger partial charge >= 0.3 is 68.5 Å². The molecule has 4 nitrogen and oxygen atoms in total. The fraction of sp³-hybridized carbons (Fsp3) is 0. The van der Waals surface area contributed by atoms with E-state index in [0.29, 0.717) is 0 Å². The third-order valence-electron chi connectivity index (χ3n) is 0. The molecule has 0 saturated heterocycles. The van der Waals surface area contributed by atoms with E-state index in [0.717, 1.165) is 0 Å². The van der Waals surface area contributed by atoms with Gasteiger partial charge in [-0.15, -0.1) is 9.05 Å². The van der Waals surface area contributed by atoms with E-state index in [-0.39, 0.29) is 68.5 Å². The molecule has 0 aromatic heterocycles.